The normalized spacial score (nSPS) is 19.3. The Bertz CT molecular complexity index is 1170. The van der Waals surface area contributed by atoms with Crippen LogP contribution in [0.15, 0.2) is 36.4 Å². The van der Waals surface area contributed by atoms with Crippen molar-refractivity contribution in [2.75, 3.05) is 20.7 Å². The Kier molecular flexibility index (Phi) is 7.60. The van der Waals surface area contributed by atoms with Gasteiger partial charge in [0.1, 0.15) is 16.7 Å². The van der Waals surface area contributed by atoms with E-state index in [0.717, 1.165) is 35.2 Å². The van der Waals surface area contributed by atoms with Crippen molar-refractivity contribution in [3.05, 3.63) is 58.8 Å². The van der Waals surface area contributed by atoms with Gasteiger partial charge in [0.2, 0.25) is 0 Å². The minimum absolute atomic E-state index is 0.0211. The summed E-state index contributed by atoms with van der Waals surface area (Å²) in [7, 11) is 2.17. The van der Waals surface area contributed by atoms with Gasteiger partial charge in [-0.15, -0.1) is 0 Å². The molecular formula is C28H37N3O3S. The lowest BCUT2D eigenvalue weighted by Crippen LogP contribution is -2.36. The van der Waals surface area contributed by atoms with Crippen LogP contribution in [0.25, 0.3) is 16.8 Å². The van der Waals surface area contributed by atoms with Crippen LogP contribution in [0.3, 0.4) is 0 Å². The van der Waals surface area contributed by atoms with Crippen molar-refractivity contribution in [3.8, 4) is 11.3 Å². The van der Waals surface area contributed by atoms with E-state index in [2.05, 4.69) is 24.3 Å². The second-order valence-electron chi connectivity index (χ2n) is 10.6. The minimum atomic E-state index is -1.28. The van der Waals surface area contributed by atoms with Gasteiger partial charge >= 0.3 is 0 Å². The first kappa shape index (κ1) is 25.7. The Morgan fingerprint density at radius 2 is 1.94 bits per heavy atom. The number of aliphatic hydroxyl groups is 1. The van der Waals surface area contributed by atoms with Gasteiger partial charge in [0.05, 0.1) is 16.5 Å². The molecule has 1 N–H and O–H groups in total. The van der Waals surface area contributed by atoms with Gasteiger partial charge in [0.15, 0.2) is 0 Å². The molecule has 188 valence electrons. The summed E-state index contributed by atoms with van der Waals surface area (Å²) in [6.45, 7) is 6.32. The number of hydrogen-bond acceptors (Lipinski definition) is 4. The Morgan fingerprint density at radius 3 is 2.57 bits per heavy atom. The van der Waals surface area contributed by atoms with Crippen LogP contribution in [-0.4, -0.2) is 54.9 Å². The first-order valence-electron chi connectivity index (χ1n) is 12.5. The van der Waals surface area contributed by atoms with Gasteiger partial charge in [-0.2, -0.15) is 0 Å². The highest BCUT2D eigenvalue weighted by molar-refractivity contribution is 7.84. The molecule has 0 fully saturated rings. The average molecular weight is 496 g/mol. The van der Waals surface area contributed by atoms with Crippen molar-refractivity contribution < 1.29 is 14.1 Å². The molecule has 0 saturated carbocycles. The molecule has 6 nitrogen and oxygen atoms in total. The van der Waals surface area contributed by atoms with Gasteiger partial charge in [-0.25, -0.2) is 13.5 Å². The van der Waals surface area contributed by atoms with Gasteiger partial charge in [-0.05, 0) is 81.7 Å². The molecular weight excluding hydrogens is 458 g/mol. The molecule has 1 aromatic heterocycles. The van der Waals surface area contributed by atoms with E-state index in [1.807, 2.05) is 37.2 Å². The minimum Gasteiger partial charge on any atom is -0.396 e. The summed E-state index contributed by atoms with van der Waals surface area (Å²) in [5.41, 5.74) is 6.56. The Balaban J connectivity index is 1.89. The third kappa shape index (κ3) is 5.27. The van der Waals surface area contributed by atoms with Crippen LogP contribution in [0.5, 0.6) is 0 Å². The molecule has 7 heteroatoms. The topological polar surface area (TPSA) is 73.7 Å². The summed E-state index contributed by atoms with van der Waals surface area (Å²) in [4.78, 5) is 19.4. The fourth-order valence-electron chi connectivity index (χ4n) is 4.99. The number of carbonyl (C=O) groups is 1. The number of allylic oxidation sites excluding steroid dienone is 2. The van der Waals surface area contributed by atoms with Crippen molar-refractivity contribution in [2.45, 2.75) is 70.2 Å². The summed E-state index contributed by atoms with van der Waals surface area (Å²) >= 11 is 0. The fraction of sp³-hybridized carbons (Fsp3) is 0.500. The summed E-state index contributed by atoms with van der Waals surface area (Å²) < 4.78 is 15.0. The van der Waals surface area contributed by atoms with E-state index < -0.39 is 15.7 Å². The number of carbonyl (C=O) groups excluding carboxylic acids is 1. The number of aliphatic hydroxyl groups excluding tert-OH is 1. The molecule has 1 aliphatic heterocycles. The van der Waals surface area contributed by atoms with Gasteiger partial charge in [0.25, 0.3) is 5.91 Å². The molecule has 0 spiro atoms. The van der Waals surface area contributed by atoms with E-state index in [1.165, 1.54) is 28.9 Å². The molecule has 1 aliphatic carbocycles. The molecule has 2 aliphatic rings. The quantitative estimate of drug-likeness (QED) is 0.604. The molecule has 2 heterocycles. The Hall–Kier alpha value is -2.35. The standard InChI is InChI=1S/C28H37N3O3S/c1-28(2,3)35(34)31-18-22-17-23(27(33)30(4)5)29-26(25(22)24(31)14-15-32)21-13-9-12-20(16-21)19-10-7-6-8-11-19/h9-10,12-13,16-17,24,32H,6-8,11,14-15,18H2,1-5H3/t24-,35?/m1/s1. The molecule has 4 rings (SSSR count). The maximum atomic E-state index is 13.5. The average Bonchev–Trinajstić information content (AvgIpc) is 3.20. The largest absolute Gasteiger partial charge is 0.396 e. The number of pyridine rings is 1. The second kappa shape index (κ2) is 10.3. The summed E-state index contributed by atoms with van der Waals surface area (Å²) in [6, 6.07) is 10.0. The smallest absolute Gasteiger partial charge is 0.271 e. The predicted octanol–water partition coefficient (Wildman–Crippen LogP) is 5.11. The van der Waals surface area contributed by atoms with E-state index in [-0.39, 0.29) is 18.6 Å². The van der Waals surface area contributed by atoms with Crippen LogP contribution in [0.1, 0.15) is 86.1 Å². The molecule has 35 heavy (non-hydrogen) atoms. The molecule has 1 amide bonds. The third-order valence-electron chi connectivity index (χ3n) is 6.71. The van der Waals surface area contributed by atoms with Gasteiger partial charge in [-0.1, -0.05) is 24.3 Å². The molecule has 1 unspecified atom stereocenters. The number of nitrogens with zero attached hydrogens (tertiary/aromatic N) is 3. The monoisotopic (exact) mass is 495 g/mol. The second-order valence-corrected chi connectivity index (χ2v) is 12.8. The lowest BCUT2D eigenvalue weighted by Gasteiger charge is -2.30. The maximum absolute atomic E-state index is 13.5. The third-order valence-corrected chi connectivity index (χ3v) is 8.57. The Labute approximate surface area is 211 Å². The predicted molar refractivity (Wildman–Crippen MR) is 142 cm³/mol. The highest BCUT2D eigenvalue weighted by Crippen LogP contribution is 2.44. The highest BCUT2D eigenvalue weighted by Gasteiger charge is 2.40. The van der Waals surface area contributed by atoms with Gasteiger partial charge in [-0.3, -0.25) is 4.79 Å². The number of hydrogen-bond donors (Lipinski definition) is 1. The summed E-state index contributed by atoms with van der Waals surface area (Å²) in [5.74, 6) is -0.158. The number of benzene rings is 1. The Morgan fingerprint density at radius 1 is 1.20 bits per heavy atom. The summed E-state index contributed by atoms with van der Waals surface area (Å²) in [5, 5.41) is 9.93. The van der Waals surface area contributed by atoms with Gasteiger partial charge in [0, 0.05) is 38.4 Å². The molecule has 1 aromatic carbocycles. The number of fused-ring (bicyclic) bond motifs is 1. The molecule has 0 bridgehead atoms. The van der Waals surface area contributed by atoms with E-state index in [4.69, 9.17) is 4.98 Å². The number of amides is 1. The molecule has 0 radical (unpaired) electrons. The van der Waals surface area contributed by atoms with Crippen LogP contribution < -0.4 is 0 Å². The molecule has 2 atom stereocenters. The molecule has 2 aromatic rings. The zero-order valence-electron chi connectivity index (χ0n) is 21.5. The summed E-state index contributed by atoms with van der Waals surface area (Å²) in [6.07, 6.45) is 7.38. The number of rotatable bonds is 6. The zero-order chi connectivity index (χ0) is 25.3. The lowest BCUT2D eigenvalue weighted by atomic mass is 9.90. The van der Waals surface area contributed by atoms with Crippen molar-refractivity contribution in [1.29, 1.82) is 0 Å². The SMILES string of the molecule is CN(C)C(=O)c1cc2c(c(-c3cccc(C4=CCCCC4)c3)n1)[C@@H](CCO)N(S(=O)C(C)(C)C)C2. The first-order chi connectivity index (χ1) is 16.6. The van der Waals surface area contributed by atoms with Gasteiger partial charge < -0.3 is 10.0 Å². The highest BCUT2D eigenvalue weighted by atomic mass is 32.2. The zero-order valence-corrected chi connectivity index (χ0v) is 22.3. The van der Waals surface area contributed by atoms with E-state index in [1.54, 1.807) is 14.1 Å². The first-order valence-corrected chi connectivity index (χ1v) is 13.6. The van der Waals surface area contributed by atoms with Crippen LogP contribution in [0, 0.1) is 0 Å². The number of aromatic nitrogens is 1. The fourth-order valence-corrected chi connectivity index (χ4v) is 6.40. The van der Waals surface area contributed by atoms with Crippen LogP contribution in [0.2, 0.25) is 0 Å². The van der Waals surface area contributed by atoms with Crippen molar-refractivity contribution in [3.63, 3.8) is 0 Å². The van der Waals surface area contributed by atoms with E-state index >= 15 is 0 Å². The van der Waals surface area contributed by atoms with Crippen LogP contribution in [-0.2, 0) is 17.5 Å². The molecule has 0 saturated heterocycles. The van der Waals surface area contributed by atoms with Crippen LogP contribution in [0.4, 0.5) is 0 Å². The van der Waals surface area contributed by atoms with E-state index in [9.17, 15) is 14.1 Å². The van der Waals surface area contributed by atoms with Crippen molar-refractivity contribution in [1.82, 2.24) is 14.2 Å². The van der Waals surface area contributed by atoms with Crippen LogP contribution >= 0.6 is 0 Å². The van der Waals surface area contributed by atoms with Crippen molar-refractivity contribution in [2.24, 2.45) is 0 Å². The maximum Gasteiger partial charge on any atom is 0.271 e. The lowest BCUT2D eigenvalue weighted by molar-refractivity contribution is 0.0822. The van der Waals surface area contributed by atoms with E-state index in [0.29, 0.717) is 18.7 Å². The van der Waals surface area contributed by atoms with Crippen molar-refractivity contribution >= 4 is 22.5 Å².